The average Bonchev–Trinajstić information content (AvgIpc) is 2.76. The maximum Gasteiger partial charge on any atom is 0.266 e. The normalized spacial score (nSPS) is 10.1. The molecule has 0 unspecified atom stereocenters. The van der Waals surface area contributed by atoms with E-state index in [0.717, 1.165) is 15.9 Å². The number of carbonyl (C=O) groups excluding carboxylic acids is 1. The van der Waals surface area contributed by atoms with Crippen LogP contribution in [0.5, 0.6) is 5.75 Å². The number of hydrogen-bond donors (Lipinski definition) is 1. The highest BCUT2D eigenvalue weighted by Gasteiger charge is 2.11. The maximum absolute atomic E-state index is 12.0. The van der Waals surface area contributed by atoms with Crippen LogP contribution in [0.3, 0.4) is 0 Å². The van der Waals surface area contributed by atoms with Crippen molar-refractivity contribution in [3.05, 3.63) is 45.1 Å². The molecule has 1 N–H and O–H groups in total. The van der Waals surface area contributed by atoms with Crippen molar-refractivity contribution in [2.75, 3.05) is 11.9 Å². The van der Waals surface area contributed by atoms with Crippen molar-refractivity contribution in [1.29, 1.82) is 0 Å². The molecule has 2 rings (SSSR count). The lowest BCUT2D eigenvalue weighted by Gasteiger charge is -2.07. The van der Waals surface area contributed by atoms with Crippen LogP contribution in [0.15, 0.2) is 40.2 Å². The van der Waals surface area contributed by atoms with Crippen LogP contribution < -0.4 is 10.1 Å². The lowest BCUT2D eigenvalue weighted by atomic mass is 10.3. The van der Waals surface area contributed by atoms with E-state index in [9.17, 15) is 4.79 Å². The molecule has 94 valence electrons. The lowest BCUT2D eigenvalue weighted by molar-refractivity contribution is 0.103. The number of rotatable bonds is 4. The Morgan fingerprint density at radius 3 is 2.94 bits per heavy atom. The summed E-state index contributed by atoms with van der Waals surface area (Å²) >= 11 is 4.75. The summed E-state index contributed by atoms with van der Waals surface area (Å²) in [5.41, 5.74) is 0.728. The number of carbonyl (C=O) groups is 1. The van der Waals surface area contributed by atoms with Crippen molar-refractivity contribution >= 4 is 38.9 Å². The molecule has 18 heavy (non-hydrogen) atoms. The Hall–Kier alpha value is -1.33. The third-order valence-corrected chi connectivity index (χ3v) is 4.06. The monoisotopic (exact) mass is 325 g/mol. The molecule has 0 fully saturated rings. The van der Waals surface area contributed by atoms with E-state index in [0.29, 0.717) is 11.5 Å². The molecule has 5 heteroatoms. The first kappa shape index (κ1) is 13.1. The van der Waals surface area contributed by atoms with Crippen LogP contribution in [0, 0.1) is 0 Å². The van der Waals surface area contributed by atoms with Crippen molar-refractivity contribution < 1.29 is 9.53 Å². The second kappa shape index (κ2) is 6.02. The molecule has 0 aliphatic carbocycles. The van der Waals surface area contributed by atoms with Gasteiger partial charge in [0.15, 0.2) is 0 Å². The molecule has 1 amide bonds. The van der Waals surface area contributed by atoms with Gasteiger partial charge >= 0.3 is 0 Å². The fourth-order valence-corrected chi connectivity index (χ4v) is 2.92. The van der Waals surface area contributed by atoms with Gasteiger partial charge in [-0.2, -0.15) is 0 Å². The van der Waals surface area contributed by atoms with E-state index in [1.807, 2.05) is 42.6 Å². The molecular weight excluding hydrogens is 314 g/mol. The molecule has 2 aromatic rings. The van der Waals surface area contributed by atoms with Crippen LogP contribution >= 0.6 is 27.3 Å². The predicted molar refractivity (Wildman–Crippen MR) is 77.6 cm³/mol. The van der Waals surface area contributed by atoms with Crippen molar-refractivity contribution in [1.82, 2.24) is 0 Å². The van der Waals surface area contributed by atoms with Gasteiger partial charge in [0.05, 0.1) is 6.61 Å². The van der Waals surface area contributed by atoms with E-state index in [4.69, 9.17) is 4.74 Å². The molecule has 0 bridgehead atoms. The number of thiophene rings is 1. The Morgan fingerprint density at radius 1 is 1.44 bits per heavy atom. The summed E-state index contributed by atoms with van der Waals surface area (Å²) in [6.45, 7) is 2.53. The zero-order chi connectivity index (χ0) is 13.0. The SMILES string of the molecule is CCOc1cccc(NC(=O)c2sccc2Br)c1. The number of hydrogen-bond acceptors (Lipinski definition) is 3. The molecule has 0 aliphatic heterocycles. The van der Waals surface area contributed by atoms with E-state index in [1.165, 1.54) is 11.3 Å². The van der Waals surface area contributed by atoms with Crippen molar-refractivity contribution in [3.8, 4) is 5.75 Å². The van der Waals surface area contributed by atoms with Crippen LogP contribution in [-0.4, -0.2) is 12.5 Å². The Kier molecular flexibility index (Phi) is 4.38. The molecule has 0 atom stereocenters. The molecule has 0 spiro atoms. The molecule has 1 heterocycles. The van der Waals surface area contributed by atoms with Gasteiger partial charge in [0, 0.05) is 16.2 Å². The minimum absolute atomic E-state index is 0.120. The summed E-state index contributed by atoms with van der Waals surface area (Å²) < 4.78 is 6.20. The Balaban J connectivity index is 2.12. The molecule has 0 saturated carbocycles. The lowest BCUT2D eigenvalue weighted by Crippen LogP contribution is -2.10. The van der Waals surface area contributed by atoms with Gasteiger partial charge in [0.1, 0.15) is 10.6 Å². The fraction of sp³-hybridized carbons (Fsp3) is 0.154. The number of halogens is 1. The summed E-state index contributed by atoms with van der Waals surface area (Å²) in [6, 6.07) is 9.21. The van der Waals surface area contributed by atoms with Crippen LogP contribution in [0.4, 0.5) is 5.69 Å². The van der Waals surface area contributed by atoms with Gasteiger partial charge in [0.25, 0.3) is 5.91 Å². The smallest absolute Gasteiger partial charge is 0.266 e. The molecule has 0 aliphatic rings. The highest BCUT2D eigenvalue weighted by molar-refractivity contribution is 9.10. The topological polar surface area (TPSA) is 38.3 Å². The minimum atomic E-state index is -0.120. The highest BCUT2D eigenvalue weighted by Crippen LogP contribution is 2.24. The summed E-state index contributed by atoms with van der Waals surface area (Å²) in [5, 5.41) is 4.72. The largest absolute Gasteiger partial charge is 0.494 e. The van der Waals surface area contributed by atoms with Crippen molar-refractivity contribution in [2.24, 2.45) is 0 Å². The third kappa shape index (κ3) is 3.11. The zero-order valence-corrected chi connectivity index (χ0v) is 12.2. The average molecular weight is 326 g/mol. The quantitative estimate of drug-likeness (QED) is 0.916. The van der Waals surface area contributed by atoms with Gasteiger partial charge < -0.3 is 10.1 Å². The van der Waals surface area contributed by atoms with Crippen molar-refractivity contribution in [3.63, 3.8) is 0 Å². The van der Waals surface area contributed by atoms with Gasteiger partial charge in [-0.25, -0.2) is 0 Å². The first-order valence-electron chi connectivity index (χ1n) is 5.48. The third-order valence-electron chi connectivity index (χ3n) is 2.23. The molecule has 3 nitrogen and oxygen atoms in total. The van der Waals surface area contributed by atoms with Crippen LogP contribution in [0.1, 0.15) is 16.6 Å². The van der Waals surface area contributed by atoms with Gasteiger partial charge in [-0.1, -0.05) is 6.07 Å². The number of benzene rings is 1. The number of ether oxygens (including phenoxy) is 1. The Bertz CT molecular complexity index is 553. The van der Waals surface area contributed by atoms with E-state index in [1.54, 1.807) is 0 Å². The van der Waals surface area contributed by atoms with Crippen LogP contribution in [-0.2, 0) is 0 Å². The maximum atomic E-state index is 12.0. The molecule has 0 saturated heterocycles. The summed E-state index contributed by atoms with van der Waals surface area (Å²) in [5.74, 6) is 0.631. The first-order valence-corrected chi connectivity index (χ1v) is 7.15. The fourth-order valence-electron chi connectivity index (χ4n) is 1.47. The van der Waals surface area contributed by atoms with Gasteiger partial charge in [-0.3, -0.25) is 4.79 Å². The van der Waals surface area contributed by atoms with Gasteiger partial charge in [-0.05, 0) is 46.4 Å². The first-order chi connectivity index (χ1) is 8.70. The highest BCUT2D eigenvalue weighted by atomic mass is 79.9. The van der Waals surface area contributed by atoms with E-state index in [-0.39, 0.29) is 5.91 Å². The molecule has 1 aromatic carbocycles. The molecule has 1 aromatic heterocycles. The van der Waals surface area contributed by atoms with E-state index in [2.05, 4.69) is 21.2 Å². The van der Waals surface area contributed by atoms with Crippen LogP contribution in [0.2, 0.25) is 0 Å². The second-order valence-corrected chi connectivity index (χ2v) is 5.28. The summed E-state index contributed by atoms with van der Waals surface area (Å²) in [4.78, 5) is 12.7. The summed E-state index contributed by atoms with van der Waals surface area (Å²) in [7, 11) is 0. The van der Waals surface area contributed by atoms with E-state index < -0.39 is 0 Å². The predicted octanol–water partition coefficient (Wildman–Crippen LogP) is 4.16. The number of nitrogens with one attached hydrogen (secondary N) is 1. The number of anilines is 1. The molecular formula is C13H12BrNO2S. The van der Waals surface area contributed by atoms with Crippen LogP contribution in [0.25, 0.3) is 0 Å². The minimum Gasteiger partial charge on any atom is -0.494 e. The Labute approximate surface area is 118 Å². The number of amides is 1. The van der Waals surface area contributed by atoms with Crippen molar-refractivity contribution in [2.45, 2.75) is 6.92 Å². The summed E-state index contributed by atoms with van der Waals surface area (Å²) in [6.07, 6.45) is 0. The van der Waals surface area contributed by atoms with Gasteiger partial charge in [-0.15, -0.1) is 11.3 Å². The standard InChI is InChI=1S/C13H12BrNO2S/c1-2-17-10-5-3-4-9(8-10)15-13(16)12-11(14)6-7-18-12/h3-8H,2H2,1H3,(H,15,16). The zero-order valence-electron chi connectivity index (χ0n) is 9.77. The second-order valence-electron chi connectivity index (χ2n) is 3.51. The Morgan fingerprint density at radius 2 is 2.28 bits per heavy atom. The molecule has 0 radical (unpaired) electrons. The van der Waals surface area contributed by atoms with E-state index >= 15 is 0 Å². The van der Waals surface area contributed by atoms with Gasteiger partial charge in [0.2, 0.25) is 0 Å².